The molecule has 1 aliphatic heterocycles. The van der Waals surface area contributed by atoms with E-state index in [9.17, 15) is 4.79 Å². The molecule has 0 aromatic carbocycles. The Hall–Kier alpha value is -1.53. The summed E-state index contributed by atoms with van der Waals surface area (Å²) in [5, 5.41) is 6.94. The van der Waals surface area contributed by atoms with Crippen LogP contribution in [0.2, 0.25) is 5.22 Å². The second-order valence-electron chi connectivity index (χ2n) is 4.53. The number of furan rings is 1. The minimum absolute atomic E-state index is 0.168. The van der Waals surface area contributed by atoms with Crippen LogP contribution in [0.3, 0.4) is 0 Å². The van der Waals surface area contributed by atoms with Crippen molar-refractivity contribution in [1.82, 2.24) is 10.2 Å². The van der Waals surface area contributed by atoms with Crippen molar-refractivity contribution >= 4 is 23.2 Å². The van der Waals surface area contributed by atoms with E-state index in [1.165, 1.54) is 0 Å². The number of nitrogens with one attached hydrogen (secondary N) is 1. The Morgan fingerprint density at radius 2 is 2.37 bits per heavy atom. The lowest BCUT2D eigenvalue weighted by Crippen LogP contribution is -2.38. The summed E-state index contributed by atoms with van der Waals surface area (Å²) in [5.41, 5.74) is 0.597. The second kappa shape index (κ2) is 6.08. The summed E-state index contributed by atoms with van der Waals surface area (Å²) in [4.78, 5) is 18.9. The Kier molecular flexibility index (Phi) is 4.44. The predicted molar refractivity (Wildman–Crippen MR) is 71.3 cm³/mol. The zero-order chi connectivity index (χ0) is 13.8. The maximum Gasteiger partial charge on any atom is 0.264 e. The summed E-state index contributed by atoms with van der Waals surface area (Å²) in [6.45, 7) is 1.35. The lowest BCUT2D eigenvalue weighted by Gasteiger charge is -2.12. The molecule has 1 aromatic heterocycles. The van der Waals surface area contributed by atoms with Crippen molar-refractivity contribution in [2.75, 3.05) is 27.2 Å². The van der Waals surface area contributed by atoms with Gasteiger partial charge in [-0.05, 0) is 37.8 Å². The molecule has 6 nitrogen and oxygen atoms in total. The van der Waals surface area contributed by atoms with Crippen LogP contribution in [0.15, 0.2) is 21.7 Å². The molecule has 19 heavy (non-hydrogen) atoms. The highest BCUT2D eigenvalue weighted by Crippen LogP contribution is 2.20. The predicted octanol–water partition coefficient (Wildman–Crippen LogP) is 1.10. The van der Waals surface area contributed by atoms with Gasteiger partial charge >= 0.3 is 0 Å². The van der Waals surface area contributed by atoms with Crippen molar-refractivity contribution in [2.45, 2.75) is 12.5 Å². The summed E-state index contributed by atoms with van der Waals surface area (Å²) < 4.78 is 5.22. The number of amides is 1. The fourth-order valence-electron chi connectivity index (χ4n) is 1.65. The van der Waals surface area contributed by atoms with Crippen molar-refractivity contribution in [3.63, 3.8) is 0 Å². The van der Waals surface area contributed by atoms with E-state index < -0.39 is 6.10 Å². The van der Waals surface area contributed by atoms with Gasteiger partial charge in [-0.3, -0.25) is 4.79 Å². The number of halogens is 1. The van der Waals surface area contributed by atoms with Gasteiger partial charge in [-0.25, -0.2) is 0 Å². The van der Waals surface area contributed by atoms with Crippen LogP contribution in [0.4, 0.5) is 0 Å². The van der Waals surface area contributed by atoms with E-state index in [-0.39, 0.29) is 11.1 Å². The van der Waals surface area contributed by atoms with E-state index in [1.54, 1.807) is 12.1 Å². The Bertz CT molecular complexity index is 484. The molecule has 0 spiro atoms. The first-order valence-electron chi connectivity index (χ1n) is 5.97. The number of carbonyl (C=O) groups is 1. The molecule has 0 aliphatic carbocycles. The van der Waals surface area contributed by atoms with E-state index in [0.29, 0.717) is 24.4 Å². The number of likely N-dealkylation sites (N-methyl/N-ethyl adjacent to an activating group) is 1. The molecule has 2 heterocycles. The van der Waals surface area contributed by atoms with E-state index >= 15 is 0 Å². The third kappa shape index (κ3) is 3.71. The third-order valence-corrected chi connectivity index (χ3v) is 2.88. The van der Waals surface area contributed by atoms with Crippen LogP contribution in [0.5, 0.6) is 0 Å². The van der Waals surface area contributed by atoms with Gasteiger partial charge in [0.2, 0.25) is 6.10 Å². The Morgan fingerprint density at radius 3 is 3.00 bits per heavy atom. The van der Waals surface area contributed by atoms with Gasteiger partial charge < -0.3 is 19.5 Å². The van der Waals surface area contributed by atoms with Crippen molar-refractivity contribution in [3.8, 4) is 0 Å². The molecule has 0 bridgehead atoms. The summed E-state index contributed by atoms with van der Waals surface area (Å²) >= 11 is 5.69. The van der Waals surface area contributed by atoms with E-state index in [0.717, 1.165) is 6.54 Å². The third-order valence-electron chi connectivity index (χ3n) is 2.68. The first kappa shape index (κ1) is 13.9. The minimum Gasteiger partial charge on any atom is -0.443 e. The van der Waals surface area contributed by atoms with Gasteiger partial charge in [0.15, 0.2) is 11.0 Å². The molecule has 1 unspecified atom stereocenters. The number of carbonyl (C=O) groups excluding carboxylic acids is 1. The molecule has 0 radical (unpaired) electrons. The van der Waals surface area contributed by atoms with Gasteiger partial charge in [0, 0.05) is 19.5 Å². The lowest BCUT2D eigenvalue weighted by molar-refractivity contribution is -0.131. The van der Waals surface area contributed by atoms with Gasteiger partial charge in [0.1, 0.15) is 5.71 Å². The van der Waals surface area contributed by atoms with Crippen LogP contribution in [-0.2, 0) is 9.63 Å². The zero-order valence-corrected chi connectivity index (χ0v) is 11.6. The maximum absolute atomic E-state index is 11.8. The molecule has 0 saturated carbocycles. The smallest absolute Gasteiger partial charge is 0.264 e. The summed E-state index contributed by atoms with van der Waals surface area (Å²) in [7, 11) is 3.89. The molecular weight excluding hydrogens is 270 g/mol. The van der Waals surface area contributed by atoms with Crippen LogP contribution >= 0.6 is 11.6 Å². The molecule has 2 rings (SSSR count). The first-order valence-corrected chi connectivity index (χ1v) is 6.35. The number of nitrogens with zero attached hydrogens (tertiary/aromatic N) is 2. The van der Waals surface area contributed by atoms with Gasteiger partial charge in [0.05, 0.1) is 0 Å². The van der Waals surface area contributed by atoms with Crippen LogP contribution in [0.1, 0.15) is 12.2 Å². The summed E-state index contributed by atoms with van der Waals surface area (Å²) in [5.74, 6) is 0.367. The molecule has 0 fully saturated rings. The van der Waals surface area contributed by atoms with Crippen LogP contribution in [0, 0.1) is 0 Å². The molecule has 7 heteroatoms. The average Bonchev–Trinajstić information content (AvgIpc) is 2.96. The van der Waals surface area contributed by atoms with Crippen LogP contribution in [0.25, 0.3) is 0 Å². The van der Waals surface area contributed by atoms with Gasteiger partial charge in [-0.2, -0.15) is 0 Å². The fraction of sp³-hybridized carbons (Fsp3) is 0.500. The quantitative estimate of drug-likeness (QED) is 0.880. The standard InChI is InChI=1S/C12H16ClN3O3/c1-16(2)6-5-14-12(17)10-7-8(15-19-10)9-3-4-11(13)18-9/h3-4,10H,5-7H2,1-2H3,(H,14,17). The average molecular weight is 286 g/mol. The zero-order valence-electron chi connectivity index (χ0n) is 10.9. The fourth-order valence-corrected chi connectivity index (χ4v) is 1.80. The minimum atomic E-state index is -0.596. The molecule has 1 amide bonds. The molecule has 104 valence electrons. The molecule has 1 atom stereocenters. The Morgan fingerprint density at radius 1 is 1.58 bits per heavy atom. The Labute approximate surface area is 116 Å². The van der Waals surface area contributed by atoms with Crippen LogP contribution < -0.4 is 5.32 Å². The number of hydrogen-bond acceptors (Lipinski definition) is 5. The highest BCUT2D eigenvalue weighted by Gasteiger charge is 2.30. The SMILES string of the molecule is CN(C)CCNC(=O)C1CC(c2ccc(Cl)o2)=NO1. The van der Waals surface area contributed by atoms with Gasteiger partial charge in [-0.1, -0.05) is 5.16 Å². The monoisotopic (exact) mass is 285 g/mol. The highest BCUT2D eigenvalue weighted by molar-refractivity contribution is 6.29. The lowest BCUT2D eigenvalue weighted by atomic mass is 10.1. The number of rotatable bonds is 5. The maximum atomic E-state index is 11.8. The van der Waals surface area contributed by atoms with Crippen LogP contribution in [-0.4, -0.2) is 49.8 Å². The van der Waals surface area contributed by atoms with E-state index in [4.69, 9.17) is 20.9 Å². The second-order valence-corrected chi connectivity index (χ2v) is 4.91. The van der Waals surface area contributed by atoms with Gasteiger partial charge in [0.25, 0.3) is 5.91 Å². The van der Waals surface area contributed by atoms with Crippen molar-refractivity contribution in [2.24, 2.45) is 5.16 Å². The Balaban J connectivity index is 1.82. The van der Waals surface area contributed by atoms with Gasteiger partial charge in [-0.15, -0.1) is 0 Å². The van der Waals surface area contributed by atoms with Crippen molar-refractivity contribution in [3.05, 3.63) is 23.1 Å². The largest absolute Gasteiger partial charge is 0.443 e. The summed E-state index contributed by atoms with van der Waals surface area (Å²) in [6.07, 6.45) is -0.210. The molecule has 1 aliphatic rings. The topological polar surface area (TPSA) is 67.1 Å². The van der Waals surface area contributed by atoms with Crippen molar-refractivity contribution in [1.29, 1.82) is 0 Å². The molecule has 1 N–H and O–H groups in total. The first-order chi connectivity index (χ1) is 9.06. The summed E-state index contributed by atoms with van der Waals surface area (Å²) in [6, 6.07) is 3.33. The molecular formula is C12H16ClN3O3. The van der Waals surface area contributed by atoms with E-state index in [1.807, 2.05) is 19.0 Å². The number of oxime groups is 1. The molecule has 0 saturated heterocycles. The number of hydrogen-bond donors (Lipinski definition) is 1. The highest BCUT2D eigenvalue weighted by atomic mass is 35.5. The van der Waals surface area contributed by atoms with Crippen molar-refractivity contribution < 1.29 is 14.0 Å². The van der Waals surface area contributed by atoms with E-state index in [2.05, 4.69) is 10.5 Å². The normalized spacial score (nSPS) is 18.3. The molecule has 1 aromatic rings.